The lowest BCUT2D eigenvalue weighted by Crippen LogP contribution is -2.32. The molecule has 2 aromatic heterocycles. The normalized spacial score (nSPS) is 9.52. The quantitative estimate of drug-likeness (QED) is 0.668. The summed E-state index contributed by atoms with van der Waals surface area (Å²) >= 11 is 0. The highest BCUT2D eigenvalue weighted by molar-refractivity contribution is 5.23. The first-order valence-electron chi connectivity index (χ1n) is 7.10. The highest BCUT2D eigenvalue weighted by atomic mass is 16.0. The van der Waals surface area contributed by atoms with E-state index in [1.54, 1.807) is 0 Å². The van der Waals surface area contributed by atoms with Crippen molar-refractivity contribution >= 4 is 0 Å². The van der Waals surface area contributed by atoms with Crippen LogP contribution in [-0.2, 0) is 19.6 Å². The maximum atomic E-state index is 2.16. The van der Waals surface area contributed by atoms with Crippen LogP contribution in [0, 0.1) is 41.5 Å². The molecule has 2 aromatic rings. The average molecular weight is 288 g/mol. The molecule has 0 saturated heterocycles. The van der Waals surface area contributed by atoms with Gasteiger partial charge < -0.3 is 5.48 Å². The molecule has 0 bridgehead atoms. The van der Waals surface area contributed by atoms with Crippen LogP contribution in [0.3, 0.4) is 0 Å². The van der Waals surface area contributed by atoms with Gasteiger partial charge >= 0.3 is 0 Å². The topological polar surface area (TPSA) is 36.3 Å². The minimum Gasteiger partial charge on any atom is -2.00 e. The molecule has 21 heavy (non-hydrogen) atoms. The number of aryl methyl sites for hydroxylation is 4. The maximum Gasteiger partial charge on any atom is 0.181 e. The molecular formula is C18H28N2O. The maximum absolute atomic E-state index is 2.16. The Kier molecular flexibility index (Phi) is 7.23. The molecule has 0 N–H and O–H groups in total. The lowest BCUT2D eigenvalue weighted by molar-refractivity contribution is -0.678. The van der Waals surface area contributed by atoms with Gasteiger partial charge in [-0.25, -0.2) is 9.13 Å². The fourth-order valence-corrected chi connectivity index (χ4v) is 2.02. The van der Waals surface area contributed by atoms with Gasteiger partial charge in [0.2, 0.25) is 0 Å². The summed E-state index contributed by atoms with van der Waals surface area (Å²) in [6, 6.07) is 4.28. The van der Waals surface area contributed by atoms with E-state index in [-0.39, 0.29) is 5.48 Å². The summed E-state index contributed by atoms with van der Waals surface area (Å²) in [6.07, 6.45) is 4.19. The van der Waals surface area contributed by atoms with Crippen LogP contribution in [0.25, 0.3) is 0 Å². The number of aromatic nitrogens is 2. The summed E-state index contributed by atoms with van der Waals surface area (Å²) in [7, 11) is 4.14. The van der Waals surface area contributed by atoms with Crippen molar-refractivity contribution in [3.63, 3.8) is 0 Å². The molecule has 116 valence electrons. The van der Waals surface area contributed by atoms with E-state index in [0.717, 1.165) is 0 Å². The number of nitrogens with zero attached hydrogens (tertiary/aromatic N) is 2. The third kappa shape index (κ3) is 4.64. The molecule has 0 radical (unpaired) electrons. The molecule has 0 unspecified atom stereocenters. The number of pyridine rings is 2. The van der Waals surface area contributed by atoms with Gasteiger partial charge in [0.15, 0.2) is 23.8 Å². The van der Waals surface area contributed by atoms with Gasteiger partial charge in [-0.1, -0.05) is 0 Å². The van der Waals surface area contributed by atoms with Gasteiger partial charge in [0, 0.05) is 37.1 Å². The van der Waals surface area contributed by atoms with Gasteiger partial charge in [0.25, 0.3) is 0 Å². The molecule has 3 nitrogen and oxygen atoms in total. The van der Waals surface area contributed by atoms with Crippen LogP contribution >= 0.6 is 0 Å². The van der Waals surface area contributed by atoms with Crippen molar-refractivity contribution < 1.29 is 14.6 Å². The molecule has 0 amide bonds. The SMILES string of the molecule is Cc1cc[n+](C)c(C)c1C.Cc1cc[n+](C)c(C)c1C.[O-2]. The van der Waals surface area contributed by atoms with Gasteiger partial charge in [-0.15, -0.1) is 0 Å². The fourth-order valence-electron chi connectivity index (χ4n) is 2.02. The van der Waals surface area contributed by atoms with Gasteiger partial charge in [0.05, 0.1) is 0 Å². The second-order valence-electron chi connectivity index (χ2n) is 5.64. The van der Waals surface area contributed by atoms with Crippen LogP contribution in [-0.4, -0.2) is 0 Å². The summed E-state index contributed by atoms with van der Waals surface area (Å²) in [5.74, 6) is 0. The van der Waals surface area contributed by atoms with Crippen molar-refractivity contribution in [1.82, 2.24) is 0 Å². The van der Waals surface area contributed by atoms with E-state index < -0.39 is 0 Å². The van der Waals surface area contributed by atoms with Crippen LogP contribution in [0.1, 0.15) is 33.6 Å². The lowest BCUT2D eigenvalue weighted by atomic mass is 10.1. The molecule has 0 aliphatic heterocycles. The van der Waals surface area contributed by atoms with Crippen LogP contribution in [0.2, 0.25) is 0 Å². The van der Waals surface area contributed by atoms with Gasteiger partial charge in [-0.2, -0.15) is 0 Å². The molecule has 0 aliphatic carbocycles. The Bertz CT molecular complexity index is 510. The summed E-state index contributed by atoms with van der Waals surface area (Å²) < 4.78 is 4.28. The molecule has 2 heterocycles. The zero-order valence-corrected chi connectivity index (χ0v) is 14.6. The first-order chi connectivity index (χ1) is 9.25. The molecule has 3 heteroatoms. The predicted molar refractivity (Wildman–Crippen MR) is 84.3 cm³/mol. The summed E-state index contributed by atoms with van der Waals surface area (Å²) in [4.78, 5) is 0. The van der Waals surface area contributed by atoms with Crippen molar-refractivity contribution in [3.05, 3.63) is 58.2 Å². The van der Waals surface area contributed by atoms with E-state index in [2.05, 4.69) is 89.3 Å². The van der Waals surface area contributed by atoms with Crippen molar-refractivity contribution in [3.8, 4) is 0 Å². The number of hydrogen-bond acceptors (Lipinski definition) is 0. The molecule has 0 spiro atoms. The number of rotatable bonds is 0. The summed E-state index contributed by atoms with van der Waals surface area (Å²) in [6.45, 7) is 12.9. The Morgan fingerprint density at radius 1 is 0.619 bits per heavy atom. The number of hydrogen-bond donors (Lipinski definition) is 0. The Hall–Kier alpha value is -1.74. The zero-order valence-electron chi connectivity index (χ0n) is 14.6. The minimum atomic E-state index is 0. The first kappa shape index (κ1) is 19.3. The molecule has 2 rings (SSSR count). The third-order valence-corrected chi connectivity index (χ3v) is 4.42. The first-order valence-corrected chi connectivity index (χ1v) is 7.10. The summed E-state index contributed by atoms with van der Waals surface area (Å²) in [5, 5.41) is 0. The Balaban J connectivity index is 0.000000364. The van der Waals surface area contributed by atoms with Crippen LogP contribution < -0.4 is 9.13 Å². The van der Waals surface area contributed by atoms with Gasteiger partial charge in [0.1, 0.15) is 14.1 Å². The summed E-state index contributed by atoms with van der Waals surface area (Å²) in [5.41, 5.74) is 8.22. The van der Waals surface area contributed by atoms with E-state index in [9.17, 15) is 0 Å². The molecule has 0 atom stereocenters. The third-order valence-electron chi connectivity index (χ3n) is 4.42. The highest BCUT2D eigenvalue weighted by Gasteiger charge is 2.05. The van der Waals surface area contributed by atoms with Crippen molar-refractivity contribution in [2.45, 2.75) is 41.5 Å². The molecular weight excluding hydrogens is 260 g/mol. The van der Waals surface area contributed by atoms with Gasteiger partial charge in [-0.05, 0) is 38.8 Å². The fraction of sp³-hybridized carbons (Fsp3) is 0.444. The Labute approximate surface area is 129 Å². The molecule has 0 aliphatic rings. The Morgan fingerprint density at radius 2 is 0.905 bits per heavy atom. The van der Waals surface area contributed by atoms with E-state index in [1.165, 1.54) is 33.6 Å². The zero-order chi connectivity index (χ0) is 15.4. The largest absolute Gasteiger partial charge is 2.00 e. The Morgan fingerprint density at radius 3 is 1.14 bits per heavy atom. The second-order valence-corrected chi connectivity index (χ2v) is 5.64. The predicted octanol–water partition coefficient (Wildman–Crippen LogP) is 2.75. The standard InChI is InChI=1S/2C9H14N.O/c2*1-7-5-6-10(4)9(3)8(7)2;/h2*5-6H,1-4H3;/q2*+1;-2. The van der Waals surface area contributed by atoms with Crippen molar-refractivity contribution in [2.75, 3.05) is 0 Å². The van der Waals surface area contributed by atoms with E-state index in [4.69, 9.17) is 0 Å². The van der Waals surface area contributed by atoms with Gasteiger partial charge in [-0.3, -0.25) is 0 Å². The van der Waals surface area contributed by atoms with Crippen LogP contribution in [0.15, 0.2) is 24.5 Å². The average Bonchev–Trinajstić information content (AvgIpc) is 2.43. The monoisotopic (exact) mass is 288 g/mol. The van der Waals surface area contributed by atoms with Crippen LogP contribution in [0.4, 0.5) is 0 Å². The van der Waals surface area contributed by atoms with Crippen molar-refractivity contribution in [1.29, 1.82) is 0 Å². The van der Waals surface area contributed by atoms with Crippen molar-refractivity contribution in [2.24, 2.45) is 14.1 Å². The minimum absolute atomic E-state index is 0. The van der Waals surface area contributed by atoms with E-state index in [0.29, 0.717) is 0 Å². The van der Waals surface area contributed by atoms with Crippen LogP contribution in [0.5, 0.6) is 0 Å². The lowest BCUT2D eigenvalue weighted by Gasteiger charge is -2.00. The molecule has 0 aromatic carbocycles. The van der Waals surface area contributed by atoms with E-state index in [1.807, 2.05) is 0 Å². The molecule has 0 saturated carbocycles. The highest BCUT2D eigenvalue weighted by Crippen LogP contribution is 2.06. The smallest absolute Gasteiger partial charge is 0.181 e. The molecule has 0 fully saturated rings. The van der Waals surface area contributed by atoms with E-state index >= 15 is 0 Å². The second kappa shape index (κ2) is 7.89.